The van der Waals surface area contributed by atoms with Crippen molar-refractivity contribution in [2.45, 2.75) is 43.6 Å². The average molecular weight is 457 g/mol. The molecule has 0 N–H and O–H groups in total. The first-order valence-corrected chi connectivity index (χ1v) is 12.5. The van der Waals surface area contributed by atoms with Crippen LogP contribution in [0.2, 0.25) is 0 Å². The number of pyridine rings is 1. The maximum atomic E-state index is 12.8. The molecule has 0 saturated carbocycles. The van der Waals surface area contributed by atoms with Gasteiger partial charge in [0.1, 0.15) is 0 Å². The van der Waals surface area contributed by atoms with Gasteiger partial charge in [0.25, 0.3) is 5.91 Å². The number of imidazole rings is 1. The van der Waals surface area contributed by atoms with Crippen LogP contribution in [0.1, 0.15) is 46.3 Å². The number of hydrogen-bond acceptors (Lipinski definition) is 4. The van der Waals surface area contributed by atoms with E-state index in [1.54, 1.807) is 18.0 Å². The second-order valence-electron chi connectivity index (χ2n) is 8.67. The van der Waals surface area contributed by atoms with Crippen molar-refractivity contribution in [2.75, 3.05) is 13.1 Å². The second kappa shape index (κ2) is 9.79. The molecule has 1 aliphatic rings. The van der Waals surface area contributed by atoms with Crippen LogP contribution in [0.5, 0.6) is 0 Å². The number of likely N-dealkylation sites (tertiary alicyclic amines) is 1. The molecule has 1 saturated heterocycles. The van der Waals surface area contributed by atoms with Gasteiger partial charge in [0, 0.05) is 30.6 Å². The minimum absolute atomic E-state index is 0.146. The van der Waals surface area contributed by atoms with E-state index in [-0.39, 0.29) is 5.91 Å². The first-order chi connectivity index (χ1) is 16.2. The number of carbonyl (C=O) groups is 1. The van der Waals surface area contributed by atoms with Gasteiger partial charge in [-0.05, 0) is 55.5 Å². The Morgan fingerprint density at radius 2 is 1.82 bits per heavy atom. The van der Waals surface area contributed by atoms with Crippen molar-refractivity contribution >= 4 is 28.7 Å². The Morgan fingerprint density at radius 3 is 2.61 bits per heavy atom. The highest BCUT2D eigenvalue weighted by atomic mass is 32.2. The number of aromatic nitrogens is 3. The van der Waals surface area contributed by atoms with Gasteiger partial charge in [0.15, 0.2) is 5.16 Å². The summed E-state index contributed by atoms with van der Waals surface area (Å²) >= 11 is 1.74. The summed E-state index contributed by atoms with van der Waals surface area (Å²) in [7, 11) is 0. The predicted molar refractivity (Wildman–Crippen MR) is 134 cm³/mol. The molecular formula is C27H28N4OS. The number of aryl methyl sites for hydroxylation is 1. The van der Waals surface area contributed by atoms with E-state index in [1.807, 2.05) is 29.3 Å². The molecule has 0 radical (unpaired) electrons. The van der Waals surface area contributed by atoms with Crippen molar-refractivity contribution in [1.82, 2.24) is 19.4 Å². The summed E-state index contributed by atoms with van der Waals surface area (Å²) in [5.74, 6) is 1.01. The van der Waals surface area contributed by atoms with Gasteiger partial charge in [-0.1, -0.05) is 53.7 Å². The molecule has 5 nitrogen and oxygen atoms in total. The lowest BCUT2D eigenvalue weighted by molar-refractivity contribution is 0.0724. The van der Waals surface area contributed by atoms with Crippen LogP contribution in [0.15, 0.2) is 72.1 Å². The van der Waals surface area contributed by atoms with Gasteiger partial charge in [-0.2, -0.15) is 0 Å². The summed E-state index contributed by atoms with van der Waals surface area (Å²) in [5.41, 5.74) is 6.45. The minimum atomic E-state index is 0.146. The number of hydrogen-bond donors (Lipinski definition) is 0. The molecule has 1 amide bonds. The van der Waals surface area contributed by atoms with Crippen molar-refractivity contribution in [3.05, 3.63) is 89.2 Å². The lowest BCUT2D eigenvalue weighted by Gasteiger charge is -2.26. The standard InChI is InChI=1S/C27H28N4OS/c1-20-6-5-7-22(16-20)19-33-27-29-24-12-13-28-17-25(24)31(27)18-21-8-10-23(11-9-21)26(32)30-14-3-2-4-15-30/h5-13,16-17H,2-4,14-15,18-19H2,1H3. The molecule has 0 spiro atoms. The lowest BCUT2D eigenvalue weighted by atomic mass is 10.1. The van der Waals surface area contributed by atoms with Gasteiger partial charge < -0.3 is 9.47 Å². The summed E-state index contributed by atoms with van der Waals surface area (Å²) in [6.07, 6.45) is 7.10. The number of rotatable bonds is 6. The molecule has 4 aromatic rings. The Kier molecular flexibility index (Phi) is 6.44. The molecular weight excluding hydrogens is 428 g/mol. The Balaban J connectivity index is 1.36. The second-order valence-corrected chi connectivity index (χ2v) is 9.61. The van der Waals surface area contributed by atoms with E-state index >= 15 is 0 Å². The van der Waals surface area contributed by atoms with E-state index in [9.17, 15) is 4.79 Å². The molecule has 0 unspecified atom stereocenters. The van der Waals surface area contributed by atoms with Gasteiger partial charge in [-0.3, -0.25) is 9.78 Å². The first-order valence-electron chi connectivity index (χ1n) is 11.5. The van der Waals surface area contributed by atoms with E-state index in [2.05, 4.69) is 52.9 Å². The summed E-state index contributed by atoms with van der Waals surface area (Å²) in [6.45, 7) is 4.55. The summed E-state index contributed by atoms with van der Waals surface area (Å²) in [6, 6.07) is 18.6. The fraction of sp³-hybridized carbons (Fsp3) is 0.296. The molecule has 2 aromatic heterocycles. The molecule has 3 heterocycles. The van der Waals surface area contributed by atoms with E-state index in [4.69, 9.17) is 4.98 Å². The highest BCUT2D eigenvalue weighted by Crippen LogP contribution is 2.28. The van der Waals surface area contributed by atoms with E-state index < -0.39 is 0 Å². The molecule has 0 aliphatic carbocycles. The van der Waals surface area contributed by atoms with Crippen molar-refractivity contribution < 1.29 is 4.79 Å². The fourth-order valence-corrected chi connectivity index (χ4v) is 5.33. The van der Waals surface area contributed by atoms with Crippen LogP contribution in [0.3, 0.4) is 0 Å². The third-order valence-corrected chi connectivity index (χ3v) is 7.20. The van der Waals surface area contributed by atoms with Crippen LogP contribution >= 0.6 is 11.8 Å². The molecule has 0 atom stereocenters. The summed E-state index contributed by atoms with van der Waals surface area (Å²) < 4.78 is 2.23. The molecule has 5 rings (SSSR count). The topological polar surface area (TPSA) is 51.0 Å². The zero-order valence-corrected chi connectivity index (χ0v) is 19.7. The number of thioether (sulfide) groups is 1. The average Bonchev–Trinajstić information content (AvgIpc) is 3.20. The quantitative estimate of drug-likeness (QED) is 0.349. The Labute approximate surface area is 198 Å². The van der Waals surface area contributed by atoms with Gasteiger partial charge in [0.2, 0.25) is 0 Å². The van der Waals surface area contributed by atoms with Crippen molar-refractivity contribution in [3.8, 4) is 0 Å². The third-order valence-electron chi connectivity index (χ3n) is 6.15. The van der Waals surface area contributed by atoms with Crippen LogP contribution in [0.4, 0.5) is 0 Å². The Bertz CT molecular complexity index is 1260. The predicted octanol–water partition coefficient (Wildman–Crippen LogP) is 5.71. The van der Waals surface area contributed by atoms with Crippen molar-refractivity contribution in [1.29, 1.82) is 0 Å². The van der Waals surface area contributed by atoms with Gasteiger partial charge in [0.05, 0.1) is 23.8 Å². The number of amides is 1. The van der Waals surface area contributed by atoms with Gasteiger partial charge in [-0.25, -0.2) is 4.98 Å². The minimum Gasteiger partial charge on any atom is -0.339 e. The fourth-order valence-electron chi connectivity index (χ4n) is 4.38. The van der Waals surface area contributed by atoms with E-state index in [0.717, 1.165) is 59.0 Å². The van der Waals surface area contributed by atoms with Crippen LogP contribution in [0, 0.1) is 6.92 Å². The SMILES string of the molecule is Cc1cccc(CSc2nc3ccncc3n2Cc2ccc(C(=O)N3CCCCC3)cc2)c1. The zero-order valence-electron chi connectivity index (χ0n) is 18.9. The molecule has 2 aromatic carbocycles. The number of nitrogens with zero attached hydrogens (tertiary/aromatic N) is 4. The third kappa shape index (κ3) is 4.96. The molecule has 1 aliphatic heterocycles. The van der Waals surface area contributed by atoms with E-state index in [1.165, 1.54) is 17.5 Å². The molecule has 0 bridgehead atoms. The number of benzene rings is 2. The highest BCUT2D eigenvalue weighted by Gasteiger charge is 2.18. The van der Waals surface area contributed by atoms with Crippen LogP contribution in [-0.4, -0.2) is 38.4 Å². The lowest BCUT2D eigenvalue weighted by Crippen LogP contribution is -2.35. The maximum absolute atomic E-state index is 12.8. The van der Waals surface area contributed by atoms with Crippen molar-refractivity contribution in [3.63, 3.8) is 0 Å². The highest BCUT2D eigenvalue weighted by molar-refractivity contribution is 7.98. The summed E-state index contributed by atoms with van der Waals surface area (Å²) in [5, 5.41) is 0.980. The first kappa shape index (κ1) is 21.7. The molecule has 1 fully saturated rings. The molecule has 6 heteroatoms. The summed E-state index contributed by atoms with van der Waals surface area (Å²) in [4.78, 5) is 24.0. The smallest absolute Gasteiger partial charge is 0.253 e. The Hall–Kier alpha value is -3.12. The monoisotopic (exact) mass is 456 g/mol. The van der Waals surface area contributed by atoms with Crippen LogP contribution in [0.25, 0.3) is 11.0 Å². The molecule has 168 valence electrons. The number of carbonyl (C=O) groups excluding carboxylic acids is 1. The van der Waals surface area contributed by atoms with Crippen LogP contribution < -0.4 is 0 Å². The number of fused-ring (bicyclic) bond motifs is 1. The van der Waals surface area contributed by atoms with E-state index in [0.29, 0.717) is 6.54 Å². The zero-order chi connectivity index (χ0) is 22.6. The Morgan fingerprint density at radius 1 is 1.00 bits per heavy atom. The normalized spacial score (nSPS) is 14.0. The van der Waals surface area contributed by atoms with Gasteiger partial charge >= 0.3 is 0 Å². The number of piperidine rings is 1. The largest absolute Gasteiger partial charge is 0.339 e. The van der Waals surface area contributed by atoms with Gasteiger partial charge in [-0.15, -0.1) is 0 Å². The van der Waals surface area contributed by atoms with Crippen LogP contribution in [-0.2, 0) is 12.3 Å². The van der Waals surface area contributed by atoms with Crippen molar-refractivity contribution in [2.24, 2.45) is 0 Å². The maximum Gasteiger partial charge on any atom is 0.253 e. The molecule has 33 heavy (non-hydrogen) atoms.